The van der Waals surface area contributed by atoms with Crippen LogP contribution >= 0.6 is 0 Å². The molecule has 1 aromatic heterocycles. The number of anilines is 2. The second kappa shape index (κ2) is 7.43. The lowest BCUT2D eigenvalue weighted by Crippen LogP contribution is -2.38. The summed E-state index contributed by atoms with van der Waals surface area (Å²) in [4.78, 5) is 11.2. The normalized spacial score (nSPS) is 16.4. The molecule has 1 saturated heterocycles. The highest BCUT2D eigenvalue weighted by atomic mass is 16.5. The lowest BCUT2D eigenvalue weighted by atomic mass is 10.1. The fraction of sp³-hybridized carbons (Fsp3) is 0.733. The average molecular weight is 278 g/mol. The van der Waals surface area contributed by atoms with Crippen LogP contribution < -0.4 is 10.2 Å². The van der Waals surface area contributed by atoms with Gasteiger partial charge in [0.1, 0.15) is 18.0 Å². The van der Waals surface area contributed by atoms with Crippen molar-refractivity contribution in [2.24, 2.45) is 0 Å². The molecule has 0 spiro atoms. The van der Waals surface area contributed by atoms with Crippen LogP contribution in [-0.2, 0) is 4.74 Å². The first-order valence-corrected chi connectivity index (χ1v) is 7.68. The molecule has 2 rings (SSSR count). The Morgan fingerprint density at radius 1 is 1.30 bits per heavy atom. The van der Waals surface area contributed by atoms with Crippen molar-refractivity contribution in [3.8, 4) is 0 Å². The molecular formula is C15H26N4O. The molecule has 0 aromatic carbocycles. The van der Waals surface area contributed by atoms with E-state index in [4.69, 9.17) is 4.74 Å². The summed E-state index contributed by atoms with van der Waals surface area (Å²) in [7, 11) is 0. The van der Waals surface area contributed by atoms with E-state index >= 15 is 0 Å². The number of hydrogen-bond acceptors (Lipinski definition) is 5. The van der Waals surface area contributed by atoms with E-state index in [2.05, 4.69) is 41.0 Å². The van der Waals surface area contributed by atoms with E-state index < -0.39 is 0 Å². The molecule has 1 N–H and O–H groups in total. The van der Waals surface area contributed by atoms with Gasteiger partial charge in [0.05, 0.1) is 6.10 Å². The minimum Gasteiger partial charge on any atom is -0.378 e. The first-order chi connectivity index (χ1) is 9.76. The van der Waals surface area contributed by atoms with Crippen LogP contribution in [0.4, 0.5) is 11.6 Å². The molecule has 0 amide bonds. The fourth-order valence-corrected chi connectivity index (χ4v) is 2.65. The van der Waals surface area contributed by atoms with Crippen LogP contribution in [0.5, 0.6) is 0 Å². The maximum absolute atomic E-state index is 5.70. The number of piperidine rings is 1. The smallest absolute Gasteiger partial charge is 0.137 e. The molecule has 0 radical (unpaired) electrons. The monoisotopic (exact) mass is 278 g/mol. The molecule has 0 saturated carbocycles. The van der Waals surface area contributed by atoms with Gasteiger partial charge in [-0.1, -0.05) is 6.92 Å². The predicted octanol–water partition coefficient (Wildman–Crippen LogP) is 2.61. The number of rotatable bonds is 6. The van der Waals surface area contributed by atoms with Crippen molar-refractivity contribution in [1.29, 1.82) is 0 Å². The van der Waals surface area contributed by atoms with Gasteiger partial charge in [0, 0.05) is 31.8 Å². The summed E-state index contributed by atoms with van der Waals surface area (Å²) in [5, 5.41) is 3.37. The van der Waals surface area contributed by atoms with Crippen molar-refractivity contribution in [1.82, 2.24) is 9.97 Å². The van der Waals surface area contributed by atoms with E-state index in [1.54, 1.807) is 6.33 Å². The van der Waals surface area contributed by atoms with Crippen molar-refractivity contribution < 1.29 is 4.74 Å². The summed E-state index contributed by atoms with van der Waals surface area (Å²) in [6.45, 7) is 10.1. The lowest BCUT2D eigenvalue weighted by Gasteiger charge is -2.33. The van der Waals surface area contributed by atoms with Crippen LogP contribution in [0.25, 0.3) is 0 Å². The van der Waals surface area contributed by atoms with E-state index in [0.29, 0.717) is 6.10 Å². The Hall–Kier alpha value is -1.36. The van der Waals surface area contributed by atoms with Gasteiger partial charge in [-0.25, -0.2) is 9.97 Å². The summed E-state index contributed by atoms with van der Waals surface area (Å²) in [5.74, 6) is 2.03. The number of aromatic nitrogens is 2. The molecule has 1 aliphatic heterocycles. The number of hydrogen-bond donors (Lipinski definition) is 1. The minimum absolute atomic E-state index is 0.413. The summed E-state index contributed by atoms with van der Waals surface area (Å²) < 4.78 is 5.70. The highest BCUT2D eigenvalue weighted by molar-refractivity contribution is 5.58. The minimum atomic E-state index is 0.413. The molecule has 0 atom stereocenters. The Balaban J connectivity index is 2.02. The lowest BCUT2D eigenvalue weighted by molar-refractivity contribution is 0.0458. The summed E-state index contributed by atoms with van der Waals surface area (Å²) >= 11 is 0. The largest absolute Gasteiger partial charge is 0.378 e. The van der Waals surface area contributed by atoms with Crippen LogP contribution in [0, 0.1) is 6.92 Å². The van der Waals surface area contributed by atoms with Crippen molar-refractivity contribution in [2.45, 2.75) is 46.1 Å². The molecular weight excluding hydrogens is 252 g/mol. The molecule has 112 valence electrons. The second-order valence-corrected chi connectivity index (χ2v) is 5.24. The molecule has 2 heterocycles. The van der Waals surface area contributed by atoms with E-state index in [1.807, 2.05) is 0 Å². The van der Waals surface area contributed by atoms with Crippen molar-refractivity contribution in [2.75, 3.05) is 36.5 Å². The van der Waals surface area contributed by atoms with E-state index in [-0.39, 0.29) is 0 Å². The fourth-order valence-electron chi connectivity index (χ4n) is 2.65. The van der Waals surface area contributed by atoms with Crippen LogP contribution in [0.1, 0.15) is 38.7 Å². The zero-order chi connectivity index (χ0) is 14.4. The molecule has 0 unspecified atom stereocenters. The van der Waals surface area contributed by atoms with Gasteiger partial charge in [-0.05, 0) is 33.1 Å². The van der Waals surface area contributed by atoms with Crippen molar-refractivity contribution in [3.63, 3.8) is 0 Å². The molecule has 20 heavy (non-hydrogen) atoms. The molecule has 5 heteroatoms. The quantitative estimate of drug-likeness (QED) is 0.867. The zero-order valence-corrected chi connectivity index (χ0v) is 12.9. The van der Waals surface area contributed by atoms with Crippen LogP contribution in [-0.4, -0.2) is 42.3 Å². The summed E-state index contributed by atoms with van der Waals surface area (Å²) in [5.41, 5.74) is 1.15. The van der Waals surface area contributed by atoms with E-state index in [9.17, 15) is 0 Å². The number of nitrogens with zero attached hydrogens (tertiary/aromatic N) is 3. The Morgan fingerprint density at radius 3 is 2.70 bits per heavy atom. The third kappa shape index (κ3) is 3.60. The van der Waals surface area contributed by atoms with E-state index in [0.717, 1.165) is 62.7 Å². The maximum Gasteiger partial charge on any atom is 0.137 e. The van der Waals surface area contributed by atoms with Gasteiger partial charge in [-0.2, -0.15) is 0 Å². The Morgan fingerprint density at radius 2 is 2.05 bits per heavy atom. The molecule has 0 aliphatic carbocycles. The predicted molar refractivity (Wildman–Crippen MR) is 82.4 cm³/mol. The molecule has 1 aromatic rings. The van der Waals surface area contributed by atoms with Gasteiger partial charge in [-0.3, -0.25) is 0 Å². The van der Waals surface area contributed by atoms with Crippen LogP contribution in [0.2, 0.25) is 0 Å². The molecule has 5 nitrogen and oxygen atoms in total. The van der Waals surface area contributed by atoms with Gasteiger partial charge in [-0.15, -0.1) is 0 Å². The highest BCUT2D eigenvalue weighted by Gasteiger charge is 2.22. The number of nitrogens with one attached hydrogen (secondary N) is 1. The second-order valence-electron chi connectivity index (χ2n) is 5.24. The topological polar surface area (TPSA) is 50.3 Å². The SMILES string of the molecule is CCCNc1ncnc(N2CCC(OCC)CC2)c1C. The maximum atomic E-state index is 5.70. The van der Waals surface area contributed by atoms with Crippen molar-refractivity contribution >= 4 is 11.6 Å². The third-order valence-electron chi connectivity index (χ3n) is 3.74. The Labute approximate surface area is 121 Å². The van der Waals surface area contributed by atoms with Gasteiger partial charge in [0.15, 0.2) is 0 Å². The Bertz CT molecular complexity index is 416. The highest BCUT2D eigenvalue weighted by Crippen LogP contribution is 2.25. The van der Waals surface area contributed by atoms with Gasteiger partial charge in [0.2, 0.25) is 0 Å². The van der Waals surface area contributed by atoms with Gasteiger partial charge < -0.3 is 15.0 Å². The van der Waals surface area contributed by atoms with E-state index in [1.165, 1.54) is 0 Å². The Kier molecular flexibility index (Phi) is 5.59. The van der Waals surface area contributed by atoms with Crippen LogP contribution in [0.3, 0.4) is 0 Å². The molecule has 0 bridgehead atoms. The first kappa shape index (κ1) is 15.0. The van der Waals surface area contributed by atoms with Crippen LogP contribution in [0.15, 0.2) is 6.33 Å². The summed E-state index contributed by atoms with van der Waals surface area (Å²) in [6, 6.07) is 0. The zero-order valence-electron chi connectivity index (χ0n) is 12.9. The van der Waals surface area contributed by atoms with Crippen molar-refractivity contribution in [3.05, 3.63) is 11.9 Å². The average Bonchev–Trinajstić information content (AvgIpc) is 2.48. The summed E-state index contributed by atoms with van der Waals surface area (Å²) in [6.07, 6.45) is 5.33. The molecule has 1 aliphatic rings. The molecule has 1 fully saturated rings. The first-order valence-electron chi connectivity index (χ1n) is 7.68. The number of ether oxygens (including phenoxy) is 1. The van der Waals surface area contributed by atoms with Gasteiger partial charge in [0.25, 0.3) is 0 Å². The van der Waals surface area contributed by atoms with Gasteiger partial charge >= 0.3 is 0 Å². The third-order valence-corrected chi connectivity index (χ3v) is 3.74. The standard InChI is InChI=1S/C15H26N4O/c1-4-8-16-14-12(3)15(18-11-17-14)19-9-6-13(7-10-19)20-5-2/h11,13H,4-10H2,1-3H3,(H,16,17,18).